The van der Waals surface area contributed by atoms with Crippen molar-refractivity contribution in [2.45, 2.75) is 39.0 Å². The lowest BCUT2D eigenvalue weighted by atomic mass is 10.0. The van der Waals surface area contributed by atoms with Crippen LogP contribution in [0.4, 0.5) is 5.82 Å². The summed E-state index contributed by atoms with van der Waals surface area (Å²) in [6.45, 7) is 1.92. The molecule has 0 atom stereocenters. The van der Waals surface area contributed by atoms with Gasteiger partial charge in [-0.15, -0.1) is 0 Å². The third kappa shape index (κ3) is 5.67. The van der Waals surface area contributed by atoms with Crippen molar-refractivity contribution in [3.63, 3.8) is 0 Å². The van der Waals surface area contributed by atoms with Gasteiger partial charge in [-0.1, -0.05) is 50.5 Å². The Morgan fingerprint density at radius 2 is 1.92 bits per heavy atom. The van der Waals surface area contributed by atoms with Crippen LogP contribution in [-0.2, 0) is 6.42 Å². The van der Waals surface area contributed by atoms with Crippen molar-refractivity contribution < 1.29 is 14.5 Å². The van der Waals surface area contributed by atoms with E-state index in [1.807, 2.05) is 12.1 Å². The number of hydrogen-bond donors (Lipinski definition) is 0. The highest BCUT2D eigenvalue weighted by Gasteiger charge is 2.17. The van der Waals surface area contributed by atoms with Crippen molar-refractivity contribution in [1.29, 1.82) is 0 Å². The lowest BCUT2D eigenvalue weighted by Gasteiger charge is -2.06. The van der Waals surface area contributed by atoms with Crippen LogP contribution < -0.4 is 4.74 Å². The summed E-state index contributed by atoms with van der Waals surface area (Å²) in [5.41, 5.74) is 1.74. The van der Waals surface area contributed by atoms with E-state index in [1.54, 1.807) is 12.1 Å². The van der Waals surface area contributed by atoms with E-state index in [9.17, 15) is 14.9 Å². The first-order chi connectivity index (χ1) is 12.1. The van der Waals surface area contributed by atoms with Crippen LogP contribution in [0.15, 0.2) is 42.6 Å². The predicted octanol–water partition coefficient (Wildman–Crippen LogP) is 4.37. The van der Waals surface area contributed by atoms with Gasteiger partial charge in [-0.25, -0.2) is 0 Å². The minimum absolute atomic E-state index is 0.00612. The van der Waals surface area contributed by atoms with Crippen molar-refractivity contribution in [3.05, 3.63) is 63.8 Å². The van der Waals surface area contributed by atoms with Gasteiger partial charge >= 0.3 is 5.82 Å². The first-order valence-corrected chi connectivity index (χ1v) is 8.46. The maximum atomic E-state index is 12.2. The lowest BCUT2D eigenvalue weighted by molar-refractivity contribution is -0.390. The molecule has 2 aromatic rings. The number of aromatic nitrogens is 1. The molecular formula is C19H22N2O4. The number of carbonyl (C=O) groups excluding carboxylic acids is 1. The SMILES string of the molecule is CCCCCCc1ccc(C(=O)COc2cccnc2[N+](=O)[O-])cc1. The van der Waals surface area contributed by atoms with Crippen molar-refractivity contribution in [2.75, 3.05) is 6.61 Å². The van der Waals surface area contributed by atoms with E-state index in [2.05, 4.69) is 11.9 Å². The van der Waals surface area contributed by atoms with E-state index in [0.717, 1.165) is 12.8 Å². The molecule has 1 heterocycles. The number of unbranched alkanes of at least 4 members (excludes halogenated alkanes) is 3. The van der Waals surface area contributed by atoms with E-state index < -0.39 is 10.7 Å². The van der Waals surface area contributed by atoms with Gasteiger partial charge in [-0.05, 0) is 40.4 Å². The summed E-state index contributed by atoms with van der Waals surface area (Å²) in [7, 11) is 0. The number of Topliss-reactive ketones (excluding diaryl/α,β-unsaturated/α-hetero) is 1. The molecule has 6 heteroatoms. The minimum Gasteiger partial charge on any atom is -0.477 e. The number of pyridine rings is 1. The molecule has 0 bridgehead atoms. The Morgan fingerprint density at radius 1 is 1.16 bits per heavy atom. The Balaban J connectivity index is 1.90. The third-order valence-electron chi connectivity index (χ3n) is 3.88. The summed E-state index contributed by atoms with van der Waals surface area (Å²) >= 11 is 0. The topological polar surface area (TPSA) is 82.3 Å². The zero-order valence-corrected chi connectivity index (χ0v) is 14.3. The Hall–Kier alpha value is -2.76. The summed E-state index contributed by atoms with van der Waals surface area (Å²) in [6, 6.07) is 10.4. The van der Waals surface area contributed by atoms with Gasteiger partial charge in [0, 0.05) is 5.56 Å². The third-order valence-corrected chi connectivity index (χ3v) is 3.88. The van der Waals surface area contributed by atoms with Gasteiger partial charge in [-0.2, -0.15) is 0 Å². The molecule has 0 saturated carbocycles. The molecule has 25 heavy (non-hydrogen) atoms. The van der Waals surface area contributed by atoms with Crippen LogP contribution in [0.5, 0.6) is 5.75 Å². The monoisotopic (exact) mass is 342 g/mol. The highest BCUT2D eigenvalue weighted by atomic mass is 16.6. The van der Waals surface area contributed by atoms with Crippen LogP contribution in [0.3, 0.4) is 0 Å². The highest BCUT2D eigenvalue weighted by molar-refractivity contribution is 5.97. The molecule has 0 saturated heterocycles. The molecule has 0 fully saturated rings. The average molecular weight is 342 g/mol. The number of benzene rings is 1. The van der Waals surface area contributed by atoms with E-state index in [0.29, 0.717) is 5.56 Å². The van der Waals surface area contributed by atoms with Crippen LogP contribution in [0.25, 0.3) is 0 Å². The maximum Gasteiger partial charge on any atom is 0.406 e. The van der Waals surface area contributed by atoms with E-state index in [4.69, 9.17) is 4.74 Å². The second kappa shape index (κ2) is 9.52. The number of rotatable bonds is 10. The smallest absolute Gasteiger partial charge is 0.406 e. The van der Waals surface area contributed by atoms with Crippen LogP contribution in [-0.4, -0.2) is 22.3 Å². The van der Waals surface area contributed by atoms with Crippen molar-refractivity contribution >= 4 is 11.6 Å². The normalized spacial score (nSPS) is 10.4. The number of carbonyl (C=O) groups is 1. The minimum atomic E-state index is -0.632. The molecule has 0 aliphatic heterocycles. The van der Waals surface area contributed by atoms with Gasteiger partial charge in [0.2, 0.25) is 5.75 Å². The molecule has 0 unspecified atom stereocenters. The first kappa shape index (κ1) is 18.6. The molecule has 0 spiro atoms. The van der Waals surface area contributed by atoms with Gasteiger partial charge in [0.1, 0.15) is 6.20 Å². The summed E-state index contributed by atoms with van der Waals surface area (Å²) < 4.78 is 5.28. The van der Waals surface area contributed by atoms with Gasteiger partial charge in [0.05, 0.1) is 0 Å². The molecule has 1 aromatic heterocycles. The van der Waals surface area contributed by atoms with Crippen molar-refractivity contribution in [3.8, 4) is 5.75 Å². The van der Waals surface area contributed by atoms with Gasteiger partial charge in [-0.3, -0.25) is 4.79 Å². The lowest BCUT2D eigenvalue weighted by Crippen LogP contribution is -2.12. The molecule has 0 amide bonds. The Bertz CT molecular complexity index is 714. The highest BCUT2D eigenvalue weighted by Crippen LogP contribution is 2.23. The zero-order chi connectivity index (χ0) is 18.1. The number of nitrogens with zero attached hydrogens (tertiary/aromatic N) is 2. The standard InChI is InChI=1S/C19H22N2O4/c1-2-3-4-5-7-15-9-11-16(12-10-15)17(22)14-25-18-8-6-13-20-19(18)21(23)24/h6,8-13H,2-5,7,14H2,1H3. The molecule has 132 valence electrons. The second-order valence-corrected chi connectivity index (χ2v) is 5.80. The molecule has 2 rings (SSSR count). The van der Waals surface area contributed by atoms with E-state index in [-0.39, 0.29) is 18.1 Å². The van der Waals surface area contributed by atoms with Crippen molar-refractivity contribution in [2.24, 2.45) is 0 Å². The molecular weight excluding hydrogens is 320 g/mol. The molecule has 0 aliphatic rings. The van der Waals surface area contributed by atoms with Gasteiger partial charge in [0.15, 0.2) is 12.4 Å². The first-order valence-electron chi connectivity index (χ1n) is 8.46. The van der Waals surface area contributed by atoms with Crippen LogP contribution >= 0.6 is 0 Å². The van der Waals surface area contributed by atoms with Gasteiger partial charge in [0.25, 0.3) is 0 Å². The number of aryl methyl sites for hydroxylation is 1. The number of ether oxygens (including phenoxy) is 1. The number of nitro groups is 1. The Labute approximate surface area is 147 Å². The van der Waals surface area contributed by atoms with Crippen molar-refractivity contribution in [1.82, 2.24) is 4.98 Å². The number of hydrogen-bond acceptors (Lipinski definition) is 5. The van der Waals surface area contributed by atoms with Gasteiger partial charge < -0.3 is 14.9 Å². The van der Waals surface area contributed by atoms with Crippen LogP contribution in [0.1, 0.15) is 48.5 Å². The van der Waals surface area contributed by atoms with Crippen LogP contribution in [0.2, 0.25) is 0 Å². The zero-order valence-electron chi connectivity index (χ0n) is 14.3. The Kier molecular flexibility index (Phi) is 7.07. The average Bonchev–Trinajstić information content (AvgIpc) is 2.64. The Morgan fingerprint density at radius 3 is 2.60 bits per heavy atom. The molecule has 0 aliphatic carbocycles. The summed E-state index contributed by atoms with van der Waals surface area (Å²) in [5, 5.41) is 10.9. The largest absolute Gasteiger partial charge is 0.477 e. The summed E-state index contributed by atoms with van der Waals surface area (Å²) in [5.74, 6) is -0.623. The fourth-order valence-corrected chi connectivity index (χ4v) is 2.47. The fourth-order valence-electron chi connectivity index (χ4n) is 2.47. The summed E-state index contributed by atoms with van der Waals surface area (Å²) in [6.07, 6.45) is 7.14. The van der Waals surface area contributed by atoms with E-state index in [1.165, 1.54) is 43.2 Å². The maximum absolute atomic E-state index is 12.2. The quantitative estimate of drug-likeness (QED) is 0.277. The number of ketones is 1. The predicted molar refractivity (Wildman–Crippen MR) is 95.0 cm³/mol. The molecule has 1 aromatic carbocycles. The molecule has 0 N–H and O–H groups in total. The second-order valence-electron chi connectivity index (χ2n) is 5.80. The van der Waals surface area contributed by atoms with E-state index >= 15 is 0 Å². The fraction of sp³-hybridized carbons (Fsp3) is 0.368. The van der Waals surface area contributed by atoms with Crippen LogP contribution in [0, 0.1) is 10.1 Å². The molecule has 6 nitrogen and oxygen atoms in total. The molecule has 0 radical (unpaired) electrons. The summed E-state index contributed by atoms with van der Waals surface area (Å²) in [4.78, 5) is 26.1.